The molecule has 2 N–H and O–H groups in total. The molecule has 0 unspecified atom stereocenters. The average molecular weight is 387 g/mol. The van der Waals surface area contributed by atoms with Gasteiger partial charge in [-0.05, 0) is 65.5 Å². The molecule has 0 aliphatic rings. The number of benzene rings is 1. The van der Waals surface area contributed by atoms with E-state index in [1.165, 1.54) is 0 Å². The Kier molecular flexibility index (Phi) is 7.22. The van der Waals surface area contributed by atoms with Crippen molar-refractivity contribution in [2.24, 2.45) is 5.10 Å². The van der Waals surface area contributed by atoms with E-state index >= 15 is 0 Å². The fraction of sp³-hybridized carbons (Fsp3) is 0.231. The third-order valence-corrected chi connectivity index (χ3v) is 3.06. The van der Waals surface area contributed by atoms with Crippen LogP contribution in [-0.2, 0) is 0 Å². The summed E-state index contributed by atoms with van der Waals surface area (Å²) in [6.07, 6.45) is 6.84. The maximum atomic E-state index is 5.38. The molecule has 0 aromatic heterocycles. The van der Waals surface area contributed by atoms with Crippen LogP contribution in [0.2, 0.25) is 0 Å². The minimum Gasteiger partial charge on any atom is -0.480 e. The number of hydrazone groups is 1. The van der Waals surface area contributed by atoms with Crippen LogP contribution in [-0.4, -0.2) is 24.5 Å². The van der Waals surface area contributed by atoms with Crippen LogP contribution in [0.1, 0.15) is 12.5 Å². The zero-order valence-corrected chi connectivity index (χ0v) is 13.4. The number of hydrogen-bond donors (Lipinski definition) is 2. The van der Waals surface area contributed by atoms with Crippen LogP contribution >= 0.6 is 34.8 Å². The average Bonchev–Trinajstić information content (AvgIpc) is 2.38. The lowest BCUT2D eigenvalue weighted by atomic mass is 10.2. The van der Waals surface area contributed by atoms with Gasteiger partial charge in [-0.1, -0.05) is 5.92 Å². The highest BCUT2D eigenvalue weighted by Crippen LogP contribution is 2.21. The van der Waals surface area contributed by atoms with E-state index in [1.807, 2.05) is 25.1 Å². The number of nitrogens with one attached hydrogen (secondary N) is 2. The van der Waals surface area contributed by atoms with Gasteiger partial charge in [0.25, 0.3) is 0 Å². The van der Waals surface area contributed by atoms with E-state index in [9.17, 15) is 0 Å². The van der Waals surface area contributed by atoms with Gasteiger partial charge in [-0.3, -0.25) is 5.43 Å². The summed E-state index contributed by atoms with van der Waals surface area (Å²) in [5.41, 5.74) is 3.68. The first-order chi connectivity index (χ1) is 9.17. The normalized spacial score (nSPS) is 9.95. The number of hydrogen-bond acceptors (Lipinski definition) is 3. The summed E-state index contributed by atoms with van der Waals surface area (Å²) in [6, 6.07) is 5.71. The molecule has 0 aliphatic heterocycles. The summed E-state index contributed by atoms with van der Waals surface area (Å²) in [4.78, 5) is 0. The number of terminal acetylenes is 1. The van der Waals surface area contributed by atoms with E-state index in [1.54, 1.807) is 6.21 Å². The summed E-state index contributed by atoms with van der Waals surface area (Å²) >= 11 is 7.18. The van der Waals surface area contributed by atoms with E-state index in [2.05, 4.69) is 44.4 Å². The Morgan fingerprint density at radius 2 is 2.42 bits per heavy atom. The lowest BCUT2D eigenvalue weighted by Crippen LogP contribution is -2.31. The molecule has 6 heteroatoms. The van der Waals surface area contributed by atoms with E-state index in [-0.39, 0.29) is 6.61 Å². The van der Waals surface area contributed by atoms with Crippen molar-refractivity contribution in [1.29, 1.82) is 0 Å². The van der Waals surface area contributed by atoms with Gasteiger partial charge in [0.15, 0.2) is 5.11 Å². The molecule has 4 nitrogen and oxygen atoms in total. The lowest BCUT2D eigenvalue weighted by molar-refractivity contribution is 0.368. The van der Waals surface area contributed by atoms with Crippen LogP contribution in [0.4, 0.5) is 0 Å². The van der Waals surface area contributed by atoms with Crippen LogP contribution in [0.3, 0.4) is 0 Å². The molecule has 0 bridgehead atoms. The molecule has 19 heavy (non-hydrogen) atoms. The van der Waals surface area contributed by atoms with Crippen molar-refractivity contribution in [3.63, 3.8) is 0 Å². The summed E-state index contributed by atoms with van der Waals surface area (Å²) in [7, 11) is 0. The SMILES string of the molecule is C#CCOc1ccc(/C=N\NC(=S)NCC)cc1I. The van der Waals surface area contributed by atoms with E-state index in [0.717, 1.165) is 21.4 Å². The molecule has 1 aromatic carbocycles. The van der Waals surface area contributed by atoms with E-state index in [0.29, 0.717) is 5.11 Å². The molecule has 0 amide bonds. The number of ether oxygens (including phenoxy) is 1. The Morgan fingerprint density at radius 3 is 3.05 bits per heavy atom. The molecular formula is C13H14IN3OS. The fourth-order valence-corrected chi connectivity index (χ4v) is 2.09. The Hall–Kier alpha value is -1.33. The quantitative estimate of drug-likeness (QED) is 0.267. The molecule has 0 spiro atoms. The standard InChI is InChI=1S/C13H14IN3OS/c1-3-7-18-12-6-5-10(8-11(12)14)9-16-17-13(19)15-4-2/h1,5-6,8-9H,4,7H2,2H3,(H2,15,17,19)/b16-9-. The molecule has 0 radical (unpaired) electrons. The van der Waals surface area contributed by atoms with Crippen LogP contribution in [0.25, 0.3) is 0 Å². The highest BCUT2D eigenvalue weighted by Gasteiger charge is 2.00. The van der Waals surface area contributed by atoms with Crippen LogP contribution < -0.4 is 15.5 Å². The molecule has 0 saturated heterocycles. The minimum atomic E-state index is 0.266. The van der Waals surface area contributed by atoms with Gasteiger partial charge in [-0.15, -0.1) is 6.42 Å². The monoisotopic (exact) mass is 387 g/mol. The van der Waals surface area contributed by atoms with E-state index < -0.39 is 0 Å². The highest BCUT2D eigenvalue weighted by atomic mass is 127. The Labute approximate surface area is 132 Å². The van der Waals surface area contributed by atoms with Gasteiger partial charge in [0.2, 0.25) is 0 Å². The third kappa shape index (κ3) is 5.89. The van der Waals surface area contributed by atoms with Crippen LogP contribution in [0.5, 0.6) is 5.75 Å². The molecule has 1 rings (SSSR count). The molecular weight excluding hydrogens is 373 g/mol. The van der Waals surface area contributed by atoms with Gasteiger partial charge < -0.3 is 10.1 Å². The van der Waals surface area contributed by atoms with Crippen LogP contribution in [0, 0.1) is 15.9 Å². The first-order valence-corrected chi connectivity index (χ1v) is 7.08. The second-order valence-electron chi connectivity index (χ2n) is 3.41. The van der Waals surface area contributed by atoms with Gasteiger partial charge in [0, 0.05) is 6.54 Å². The predicted octanol–water partition coefficient (Wildman–Crippen LogP) is 2.12. The predicted molar refractivity (Wildman–Crippen MR) is 90.5 cm³/mol. The van der Waals surface area contributed by atoms with E-state index in [4.69, 9.17) is 23.4 Å². The van der Waals surface area contributed by atoms with Crippen molar-refractivity contribution in [2.75, 3.05) is 13.2 Å². The fourth-order valence-electron chi connectivity index (χ4n) is 1.20. The van der Waals surface area contributed by atoms with Crippen molar-refractivity contribution >= 4 is 46.1 Å². The van der Waals surface area contributed by atoms with Gasteiger partial charge in [0.1, 0.15) is 12.4 Å². The topological polar surface area (TPSA) is 45.6 Å². The van der Waals surface area contributed by atoms with Crippen LogP contribution in [0.15, 0.2) is 23.3 Å². The summed E-state index contributed by atoms with van der Waals surface area (Å²) < 4.78 is 6.36. The Balaban J connectivity index is 2.61. The molecule has 1 aromatic rings. The maximum absolute atomic E-state index is 5.38. The molecule has 0 fully saturated rings. The summed E-state index contributed by atoms with van der Waals surface area (Å²) in [5.74, 6) is 3.20. The number of nitrogens with zero attached hydrogens (tertiary/aromatic N) is 1. The van der Waals surface area contributed by atoms with Gasteiger partial charge in [-0.2, -0.15) is 5.10 Å². The minimum absolute atomic E-state index is 0.266. The second-order valence-corrected chi connectivity index (χ2v) is 4.98. The van der Waals surface area contributed by atoms with Gasteiger partial charge in [0.05, 0.1) is 9.78 Å². The summed E-state index contributed by atoms with van der Waals surface area (Å²) in [5, 5.41) is 7.48. The largest absolute Gasteiger partial charge is 0.480 e. The molecule has 100 valence electrons. The van der Waals surface area contributed by atoms with Crippen molar-refractivity contribution in [3.8, 4) is 18.1 Å². The summed E-state index contributed by atoms with van der Waals surface area (Å²) in [6.45, 7) is 3.00. The third-order valence-electron chi connectivity index (χ3n) is 1.98. The number of thiocarbonyl (C=S) groups is 1. The van der Waals surface area contributed by atoms with Crippen molar-refractivity contribution < 1.29 is 4.74 Å². The zero-order chi connectivity index (χ0) is 14.1. The highest BCUT2D eigenvalue weighted by molar-refractivity contribution is 14.1. The first kappa shape index (κ1) is 15.7. The van der Waals surface area contributed by atoms with Gasteiger partial charge >= 0.3 is 0 Å². The van der Waals surface area contributed by atoms with Crippen molar-refractivity contribution in [1.82, 2.24) is 10.7 Å². The molecule has 0 atom stereocenters. The molecule has 0 aliphatic carbocycles. The van der Waals surface area contributed by atoms with Crippen molar-refractivity contribution in [3.05, 3.63) is 27.3 Å². The Morgan fingerprint density at radius 1 is 1.63 bits per heavy atom. The number of halogens is 1. The smallest absolute Gasteiger partial charge is 0.186 e. The maximum Gasteiger partial charge on any atom is 0.186 e. The van der Waals surface area contributed by atoms with Gasteiger partial charge in [-0.25, -0.2) is 0 Å². The lowest BCUT2D eigenvalue weighted by Gasteiger charge is -2.06. The zero-order valence-electron chi connectivity index (χ0n) is 10.4. The Bertz CT molecular complexity index is 511. The second kappa shape index (κ2) is 8.72. The number of rotatable bonds is 5. The first-order valence-electron chi connectivity index (χ1n) is 5.60. The molecule has 0 heterocycles. The van der Waals surface area contributed by atoms with Crippen molar-refractivity contribution in [2.45, 2.75) is 6.92 Å². The molecule has 0 saturated carbocycles.